The van der Waals surface area contributed by atoms with E-state index in [4.69, 9.17) is 9.47 Å². The third-order valence-corrected chi connectivity index (χ3v) is 4.37. The third kappa shape index (κ3) is 4.23. The molecule has 0 saturated carbocycles. The lowest BCUT2D eigenvalue weighted by Crippen LogP contribution is -2.17. The van der Waals surface area contributed by atoms with Gasteiger partial charge < -0.3 is 20.1 Å². The van der Waals surface area contributed by atoms with Crippen LogP contribution in [0.5, 0.6) is 11.5 Å². The Hall–Kier alpha value is -3.54. The summed E-state index contributed by atoms with van der Waals surface area (Å²) >= 11 is 0. The van der Waals surface area contributed by atoms with Crippen LogP contribution in [0.25, 0.3) is 0 Å². The van der Waals surface area contributed by atoms with Crippen molar-refractivity contribution in [2.45, 2.75) is 13.5 Å². The average molecular weight is 375 g/mol. The molecule has 1 amide bonds. The maximum Gasteiger partial charge on any atom is 0.274 e. The highest BCUT2D eigenvalue weighted by Crippen LogP contribution is 2.32. The molecule has 4 rings (SSSR count). The Morgan fingerprint density at radius 3 is 2.71 bits per heavy atom. The topological polar surface area (TPSA) is 72.5 Å². The molecule has 0 fully saturated rings. The van der Waals surface area contributed by atoms with Crippen molar-refractivity contribution in [1.82, 2.24) is 4.98 Å². The van der Waals surface area contributed by atoms with Crippen molar-refractivity contribution in [3.05, 3.63) is 77.6 Å². The zero-order chi connectivity index (χ0) is 19.3. The minimum Gasteiger partial charge on any atom is -0.486 e. The number of ether oxygens (including phenoxy) is 2. The molecule has 142 valence electrons. The van der Waals surface area contributed by atoms with Crippen LogP contribution in [0.2, 0.25) is 0 Å². The van der Waals surface area contributed by atoms with Gasteiger partial charge in [-0.15, -0.1) is 0 Å². The molecule has 0 radical (unpaired) electrons. The van der Waals surface area contributed by atoms with Crippen LogP contribution in [-0.4, -0.2) is 24.1 Å². The molecule has 0 aliphatic carbocycles. The number of benzene rings is 2. The van der Waals surface area contributed by atoms with E-state index in [0.717, 1.165) is 5.69 Å². The summed E-state index contributed by atoms with van der Waals surface area (Å²) in [5.74, 6) is 1.03. The number of nitrogens with zero attached hydrogens (tertiary/aromatic N) is 1. The van der Waals surface area contributed by atoms with Gasteiger partial charge in [0, 0.05) is 30.2 Å². The molecule has 6 heteroatoms. The van der Waals surface area contributed by atoms with E-state index in [1.165, 1.54) is 11.1 Å². The van der Waals surface area contributed by atoms with Crippen molar-refractivity contribution in [1.29, 1.82) is 0 Å². The van der Waals surface area contributed by atoms with Crippen LogP contribution in [0.4, 0.5) is 11.4 Å². The minimum absolute atomic E-state index is 0.282. The number of carbonyl (C=O) groups is 1. The summed E-state index contributed by atoms with van der Waals surface area (Å²) in [6.07, 6.45) is 1.62. The summed E-state index contributed by atoms with van der Waals surface area (Å²) in [7, 11) is 0. The molecule has 1 aliphatic rings. The van der Waals surface area contributed by atoms with Gasteiger partial charge in [0.1, 0.15) is 18.9 Å². The lowest BCUT2D eigenvalue weighted by atomic mass is 10.1. The second kappa shape index (κ2) is 8.00. The van der Waals surface area contributed by atoms with E-state index in [-0.39, 0.29) is 5.91 Å². The lowest BCUT2D eigenvalue weighted by molar-refractivity contribution is 0.102. The number of fused-ring (bicyclic) bond motifs is 1. The predicted octanol–water partition coefficient (Wildman–Crippen LogP) is 4.03. The van der Waals surface area contributed by atoms with Crippen LogP contribution in [0.15, 0.2) is 60.8 Å². The number of anilines is 2. The molecular formula is C22H21N3O3. The molecule has 3 aromatic rings. The highest BCUT2D eigenvalue weighted by molar-refractivity contribution is 6.03. The van der Waals surface area contributed by atoms with Crippen LogP contribution in [0.1, 0.15) is 21.6 Å². The molecule has 0 bridgehead atoms. The molecule has 0 unspecified atom stereocenters. The standard InChI is InChI=1S/C22H21N3O3/c1-15-3-2-4-16(11-15)14-24-17-7-8-23-19(12-17)22(26)25-18-5-6-20-21(13-18)28-10-9-27-20/h2-8,11-13H,9-10,14H2,1H3,(H,23,24)(H,25,26). The number of aromatic nitrogens is 1. The first-order chi connectivity index (χ1) is 13.7. The number of aryl methyl sites for hydroxylation is 1. The van der Waals surface area contributed by atoms with Gasteiger partial charge in [0.15, 0.2) is 11.5 Å². The molecule has 2 aromatic carbocycles. The Balaban J connectivity index is 1.42. The molecule has 0 spiro atoms. The van der Waals surface area contributed by atoms with Crippen LogP contribution >= 0.6 is 0 Å². The quantitative estimate of drug-likeness (QED) is 0.705. The Kier molecular flexibility index (Phi) is 5.10. The van der Waals surface area contributed by atoms with Crippen molar-refractivity contribution in [2.24, 2.45) is 0 Å². The first-order valence-corrected chi connectivity index (χ1v) is 9.14. The smallest absolute Gasteiger partial charge is 0.274 e. The van der Waals surface area contributed by atoms with E-state index < -0.39 is 0 Å². The van der Waals surface area contributed by atoms with Crippen molar-refractivity contribution in [2.75, 3.05) is 23.8 Å². The van der Waals surface area contributed by atoms with Gasteiger partial charge in [0.05, 0.1) is 0 Å². The normalized spacial score (nSPS) is 12.3. The van der Waals surface area contributed by atoms with Crippen molar-refractivity contribution >= 4 is 17.3 Å². The highest BCUT2D eigenvalue weighted by Gasteiger charge is 2.14. The number of carbonyl (C=O) groups excluding carboxylic acids is 1. The second-order valence-corrected chi connectivity index (χ2v) is 6.58. The average Bonchev–Trinajstić information content (AvgIpc) is 2.72. The Bertz CT molecular complexity index is 1000. The molecule has 1 aromatic heterocycles. The van der Waals surface area contributed by atoms with E-state index in [9.17, 15) is 4.79 Å². The zero-order valence-electron chi connectivity index (χ0n) is 15.6. The minimum atomic E-state index is -0.282. The summed E-state index contributed by atoms with van der Waals surface area (Å²) in [5.41, 5.74) is 4.20. The van der Waals surface area contributed by atoms with Gasteiger partial charge in [-0.05, 0) is 36.8 Å². The number of rotatable bonds is 5. The number of pyridine rings is 1. The highest BCUT2D eigenvalue weighted by atomic mass is 16.6. The molecule has 0 atom stereocenters. The Morgan fingerprint density at radius 1 is 1.00 bits per heavy atom. The molecule has 6 nitrogen and oxygen atoms in total. The lowest BCUT2D eigenvalue weighted by Gasteiger charge is -2.19. The molecule has 0 saturated heterocycles. The van der Waals surface area contributed by atoms with Gasteiger partial charge in [-0.3, -0.25) is 9.78 Å². The van der Waals surface area contributed by atoms with Gasteiger partial charge >= 0.3 is 0 Å². The summed E-state index contributed by atoms with van der Waals surface area (Å²) in [5, 5.41) is 6.18. The van der Waals surface area contributed by atoms with Crippen LogP contribution in [0.3, 0.4) is 0 Å². The van der Waals surface area contributed by atoms with E-state index >= 15 is 0 Å². The SMILES string of the molecule is Cc1cccc(CNc2ccnc(C(=O)Nc3ccc4c(c3)OCCO4)c2)c1. The van der Waals surface area contributed by atoms with Crippen LogP contribution in [-0.2, 0) is 6.54 Å². The van der Waals surface area contributed by atoms with Crippen molar-refractivity contribution in [3.63, 3.8) is 0 Å². The fourth-order valence-corrected chi connectivity index (χ4v) is 3.01. The van der Waals surface area contributed by atoms with Gasteiger partial charge in [-0.2, -0.15) is 0 Å². The monoisotopic (exact) mass is 375 g/mol. The van der Waals surface area contributed by atoms with Crippen molar-refractivity contribution < 1.29 is 14.3 Å². The number of nitrogens with one attached hydrogen (secondary N) is 2. The van der Waals surface area contributed by atoms with Crippen LogP contribution in [0, 0.1) is 6.92 Å². The van der Waals surface area contributed by atoms with E-state index in [1.807, 2.05) is 12.1 Å². The maximum absolute atomic E-state index is 12.6. The summed E-state index contributed by atoms with van der Waals surface area (Å²) < 4.78 is 11.0. The maximum atomic E-state index is 12.6. The number of hydrogen-bond acceptors (Lipinski definition) is 5. The molecule has 2 heterocycles. The van der Waals surface area contributed by atoms with Gasteiger partial charge in [-0.25, -0.2) is 0 Å². The number of hydrogen-bond donors (Lipinski definition) is 2. The van der Waals surface area contributed by atoms with Crippen molar-refractivity contribution in [3.8, 4) is 11.5 Å². The van der Waals surface area contributed by atoms with E-state index in [0.29, 0.717) is 42.6 Å². The Morgan fingerprint density at radius 2 is 1.86 bits per heavy atom. The molecule has 28 heavy (non-hydrogen) atoms. The molecule has 1 aliphatic heterocycles. The first-order valence-electron chi connectivity index (χ1n) is 9.14. The summed E-state index contributed by atoms with van der Waals surface area (Å²) in [6.45, 7) is 3.77. The Labute approximate surface area is 163 Å². The van der Waals surface area contributed by atoms with Gasteiger partial charge in [0.2, 0.25) is 0 Å². The number of amides is 1. The zero-order valence-corrected chi connectivity index (χ0v) is 15.6. The van der Waals surface area contributed by atoms with E-state index in [2.05, 4.69) is 40.7 Å². The van der Waals surface area contributed by atoms with Gasteiger partial charge in [-0.1, -0.05) is 29.8 Å². The largest absolute Gasteiger partial charge is 0.486 e. The summed E-state index contributed by atoms with van der Waals surface area (Å²) in [4.78, 5) is 16.8. The third-order valence-electron chi connectivity index (χ3n) is 4.37. The predicted molar refractivity (Wildman–Crippen MR) is 108 cm³/mol. The fourth-order valence-electron chi connectivity index (χ4n) is 3.01. The van der Waals surface area contributed by atoms with Gasteiger partial charge in [0.25, 0.3) is 5.91 Å². The van der Waals surface area contributed by atoms with Crippen LogP contribution < -0.4 is 20.1 Å². The molecular weight excluding hydrogens is 354 g/mol. The fraction of sp³-hybridized carbons (Fsp3) is 0.182. The first kappa shape index (κ1) is 17.9. The summed E-state index contributed by atoms with van der Waals surface area (Å²) in [6, 6.07) is 17.2. The van der Waals surface area contributed by atoms with E-state index in [1.54, 1.807) is 30.5 Å². The second-order valence-electron chi connectivity index (χ2n) is 6.58. The molecule has 2 N–H and O–H groups in total.